The van der Waals surface area contributed by atoms with E-state index in [0.717, 1.165) is 12.8 Å². The normalized spacial score (nSPS) is 14.2. The van der Waals surface area contributed by atoms with Gasteiger partial charge in [-0.1, -0.05) is 25.3 Å². The lowest BCUT2D eigenvalue weighted by Crippen LogP contribution is -2.36. The predicted molar refractivity (Wildman–Crippen MR) is 108 cm³/mol. The summed E-state index contributed by atoms with van der Waals surface area (Å²) in [6.07, 6.45) is 5.71. The Morgan fingerprint density at radius 3 is 2.46 bits per heavy atom. The van der Waals surface area contributed by atoms with Crippen LogP contribution in [0.3, 0.4) is 0 Å². The van der Waals surface area contributed by atoms with Crippen molar-refractivity contribution in [1.29, 1.82) is 0 Å². The monoisotopic (exact) mass is 382 g/mol. The van der Waals surface area contributed by atoms with Crippen LogP contribution >= 0.6 is 0 Å². The topological polar surface area (TPSA) is 76.7 Å². The molecule has 2 amide bonds. The van der Waals surface area contributed by atoms with Gasteiger partial charge in [-0.15, -0.1) is 0 Å². The van der Waals surface area contributed by atoms with E-state index in [1.807, 2.05) is 0 Å². The molecule has 1 saturated carbocycles. The number of amides is 2. The molecule has 0 unspecified atom stereocenters. The van der Waals surface area contributed by atoms with Crippen molar-refractivity contribution in [3.63, 3.8) is 0 Å². The molecule has 0 atom stereocenters. The number of benzene rings is 2. The van der Waals surface area contributed by atoms with E-state index in [4.69, 9.17) is 9.47 Å². The van der Waals surface area contributed by atoms with Gasteiger partial charge < -0.3 is 20.1 Å². The van der Waals surface area contributed by atoms with Crippen molar-refractivity contribution in [2.24, 2.45) is 0 Å². The van der Waals surface area contributed by atoms with Crippen LogP contribution in [0.25, 0.3) is 0 Å². The first-order valence-corrected chi connectivity index (χ1v) is 9.61. The minimum Gasteiger partial charge on any atom is -0.497 e. The molecule has 0 spiro atoms. The van der Waals surface area contributed by atoms with Crippen molar-refractivity contribution in [3.05, 3.63) is 54.1 Å². The highest BCUT2D eigenvalue weighted by molar-refractivity contribution is 5.94. The van der Waals surface area contributed by atoms with Gasteiger partial charge in [-0.05, 0) is 49.2 Å². The standard InChI is InChI=1S/C22H26N2O4/c1-27-20-9-5-8-18(14-20)23-21(25)15-28-19-12-10-16(11-13-19)22(26)24-17-6-3-2-4-7-17/h5,8-14,17H,2-4,6-7,15H2,1H3,(H,23,25)(H,24,26). The second-order valence-corrected chi connectivity index (χ2v) is 6.90. The Hall–Kier alpha value is -3.02. The molecule has 2 aromatic rings. The average molecular weight is 382 g/mol. The van der Waals surface area contributed by atoms with E-state index in [-0.39, 0.29) is 24.5 Å². The molecule has 0 radical (unpaired) electrons. The van der Waals surface area contributed by atoms with Crippen molar-refractivity contribution in [2.45, 2.75) is 38.1 Å². The molecule has 28 heavy (non-hydrogen) atoms. The number of carbonyl (C=O) groups is 2. The summed E-state index contributed by atoms with van der Waals surface area (Å²) in [4.78, 5) is 24.4. The van der Waals surface area contributed by atoms with Gasteiger partial charge in [0.2, 0.25) is 0 Å². The van der Waals surface area contributed by atoms with Gasteiger partial charge in [0.1, 0.15) is 11.5 Å². The maximum Gasteiger partial charge on any atom is 0.262 e. The molecule has 2 N–H and O–H groups in total. The average Bonchev–Trinajstić information content (AvgIpc) is 2.73. The van der Waals surface area contributed by atoms with Gasteiger partial charge in [0.15, 0.2) is 6.61 Å². The molecule has 6 nitrogen and oxygen atoms in total. The second-order valence-electron chi connectivity index (χ2n) is 6.90. The molecule has 0 heterocycles. The Balaban J connectivity index is 1.47. The summed E-state index contributed by atoms with van der Waals surface area (Å²) in [6, 6.07) is 14.2. The Morgan fingerprint density at radius 1 is 1.00 bits per heavy atom. The Bertz CT molecular complexity index is 798. The zero-order chi connectivity index (χ0) is 19.8. The summed E-state index contributed by atoms with van der Waals surface area (Å²) < 4.78 is 10.6. The number of rotatable bonds is 7. The second kappa shape index (κ2) is 9.78. The molecule has 1 aliphatic carbocycles. The number of hydrogen-bond acceptors (Lipinski definition) is 4. The third-order valence-corrected chi connectivity index (χ3v) is 4.78. The summed E-state index contributed by atoms with van der Waals surface area (Å²) in [7, 11) is 1.57. The Morgan fingerprint density at radius 2 is 1.75 bits per heavy atom. The van der Waals surface area contributed by atoms with E-state index in [2.05, 4.69) is 10.6 Å². The molecule has 3 rings (SSSR count). The van der Waals surface area contributed by atoms with Crippen LogP contribution in [0, 0.1) is 0 Å². The van der Waals surface area contributed by atoms with E-state index in [1.54, 1.807) is 55.6 Å². The fourth-order valence-electron chi connectivity index (χ4n) is 3.26. The first-order chi connectivity index (χ1) is 13.6. The quantitative estimate of drug-likeness (QED) is 0.764. The molecule has 6 heteroatoms. The molecule has 2 aromatic carbocycles. The van der Waals surface area contributed by atoms with Crippen molar-refractivity contribution >= 4 is 17.5 Å². The molecule has 0 bridgehead atoms. The first-order valence-electron chi connectivity index (χ1n) is 9.61. The van der Waals surface area contributed by atoms with Crippen LogP contribution in [0.1, 0.15) is 42.5 Å². The lowest BCUT2D eigenvalue weighted by molar-refractivity contribution is -0.118. The summed E-state index contributed by atoms with van der Waals surface area (Å²) in [5, 5.41) is 5.84. The van der Waals surface area contributed by atoms with Crippen molar-refractivity contribution in [1.82, 2.24) is 5.32 Å². The van der Waals surface area contributed by atoms with Crippen LogP contribution in [0.15, 0.2) is 48.5 Å². The molecule has 0 aromatic heterocycles. The van der Waals surface area contributed by atoms with E-state index in [1.165, 1.54) is 19.3 Å². The SMILES string of the molecule is COc1cccc(NC(=O)COc2ccc(C(=O)NC3CCCCC3)cc2)c1. The van der Waals surface area contributed by atoms with Gasteiger partial charge in [-0.2, -0.15) is 0 Å². The van der Waals surface area contributed by atoms with E-state index >= 15 is 0 Å². The maximum absolute atomic E-state index is 12.3. The Labute approximate surface area is 165 Å². The Kier molecular flexibility index (Phi) is 6.89. The number of nitrogens with one attached hydrogen (secondary N) is 2. The highest BCUT2D eigenvalue weighted by Gasteiger charge is 2.16. The van der Waals surface area contributed by atoms with E-state index in [0.29, 0.717) is 22.7 Å². The molecule has 1 aliphatic rings. The fraction of sp³-hybridized carbons (Fsp3) is 0.364. The predicted octanol–water partition coefficient (Wildman–Crippen LogP) is 3.78. The number of ether oxygens (including phenoxy) is 2. The van der Waals surface area contributed by atoms with Crippen molar-refractivity contribution in [3.8, 4) is 11.5 Å². The van der Waals surface area contributed by atoms with Gasteiger partial charge in [0, 0.05) is 23.4 Å². The van der Waals surface area contributed by atoms with Crippen LogP contribution in [-0.4, -0.2) is 31.6 Å². The fourth-order valence-corrected chi connectivity index (χ4v) is 3.26. The van der Waals surface area contributed by atoms with Crippen molar-refractivity contribution in [2.75, 3.05) is 19.0 Å². The molecule has 0 aliphatic heterocycles. The minimum atomic E-state index is -0.271. The van der Waals surface area contributed by atoms with Crippen LogP contribution in [0.4, 0.5) is 5.69 Å². The van der Waals surface area contributed by atoms with Gasteiger partial charge in [0.05, 0.1) is 7.11 Å². The number of methoxy groups -OCH3 is 1. The van der Waals surface area contributed by atoms with Gasteiger partial charge in [0.25, 0.3) is 11.8 Å². The smallest absolute Gasteiger partial charge is 0.262 e. The third kappa shape index (κ3) is 5.74. The summed E-state index contributed by atoms with van der Waals surface area (Å²) in [5.41, 5.74) is 1.24. The third-order valence-electron chi connectivity index (χ3n) is 4.78. The first kappa shape index (κ1) is 19.7. The maximum atomic E-state index is 12.3. The minimum absolute atomic E-state index is 0.0609. The zero-order valence-corrected chi connectivity index (χ0v) is 16.1. The van der Waals surface area contributed by atoms with E-state index < -0.39 is 0 Å². The lowest BCUT2D eigenvalue weighted by Gasteiger charge is -2.22. The largest absolute Gasteiger partial charge is 0.497 e. The van der Waals surface area contributed by atoms with E-state index in [9.17, 15) is 9.59 Å². The van der Waals surface area contributed by atoms with Crippen LogP contribution in [0.2, 0.25) is 0 Å². The lowest BCUT2D eigenvalue weighted by atomic mass is 9.95. The number of hydrogen-bond donors (Lipinski definition) is 2. The van der Waals surface area contributed by atoms with Gasteiger partial charge in [-0.3, -0.25) is 9.59 Å². The molecule has 0 saturated heterocycles. The number of anilines is 1. The highest BCUT2D eigenvalue weighted by Crippen LogP contribution is 2.19. The molecular formula is C22H26N2O4. The van der Waals surface area contributed by atoms with Crippen LogP contribution in [-0.2, 0) is 4.79 Å². The highest BCUT2D eigenvalue weighted by atomic mass is 16.5. The number of carbonyl (C=O) groups excluding carboxylic acids is 2. The summed E-state index contributed by atoms with van der Waals surface area (Å²) in [5.74, 6) is 0.873. The van der Waals surface area contributed by atoms with Crippen molar-refractivity contribution < 1.29 is 19.1 Å². The van der Waals surface area contributed by atoms with Crippen LogP contribution in [0.5, 0.6) is 11.5 Å². The van der Waals surface area contributed by atoms with Gasteiger partial charge >= 0.3 is 0 Å². The molecular weight excluding hydrogens is 356 g/mol. The van der Waals surface area contributed by atoms with Gasteiger partial charge in [-0.25, -0.2) is 0 Å². The summed E-state index contributed by atoms with van der Waals surface area (Å²) >= 11 is 0. The molecule has 1 fully saturated rings. The summed E-state index contributed by atoms with van der Waals surface area (Å²) in [6.45, 7) is -0.120. The van der Waals surface area contributed by atoms with Crippen LogP contribution < -0.4 is 20.1 Å². The molecule has 148 valence electrons. The zero-order valence-electron chi connectivity index (χ0n) is 16.1.